The van der Waals surface area contributed by atoms with Gasteiger partial charge < -0.3 is 4.90 Å². The molecule has 0 spiro atoms. The van der Waals surface area contributed by atoms with Crippen molar-refractivity contribution in [3.8, 4) is 0 Å². The Hall–Kier alpha value is -1.67. The van der Waals surface area contributed by atoms with E-state index in [1.165, 1.54) is 35.2 Å². The van der Waals surface area contributed by atoms with Gasteiger partial charge in [-0.1, -0.05) is 11.8 Å². The maximum atomic E-state index is 12.3. The van der Waals surface area contributed by atoms with Gasteiger partial charge in [0.05, 0.1) is 20.4 Å². The quantitative estimate of drug-likeness (QED) is 0.486. The summed E-state index contributed by atoms with van der Waals surface area (Å²) in [5.41, 5.74) is 0.799. The molecule has 22 heavy (non-hydrogen) atoms. The first-order valence-corrected chi connectivity index (χ1v) is 8.74. The van der Waals surface area contributed by atoms with E-state index in [1.54, 1.807) is 6.07 Å². The summed E-state index contributed by atoms with van der Waals surface area (Å²) in [7, 11) is 0. The monoisotopic (exact) mass is 337 g/mol. The fourth-order valence-corrected chi connectivity index (χ4v) is 4.78. The largest absolute Gasteiger partial charge is 0.342 e. The third kappa shape index (κ3) is 3.07. The molecule has 0 bridgehead atoms. The highest BCUT2D eigenvalue weighted by Gasteiger charge is 2.25. The number of likely N-dealkylation sites (tertiary alicyclic amines) is 1. The van der Waals surface area contributed by atoms with Gasteiger partial charge in [0, 0.05) is 25.2 Å². The van der Waals surface area contributed by atoms with Gasteiger partial charge in [-0.2, -0.15) is 0 Å². The second-order valence-electron chi connectivity index (χ2n) is 5.18. The summed E-state index contributed by atoms with van der Waals surface area (Å²) in [6, 6.07) is 4.64. The lowest BCUT2D eigenvalue weighted by Crippen LogP contribution is -2.33. The Morgan fingerprint density at radius 3 is 2.86 bits per heavy atom. The van der Waals surface area contributed by atoms with Crippen LogP contribution in [-0.2, 0) is 4.79 Å². The zero-order valence-electron chi connectivity index (χ0n) is 12.0. The van der Waals surface area contributed by atoms with E-state index in [-0.39, 0.29) is 16.8 Å². The molecule has 0 N–H and O–H groups in total. The molecular weight excluding hydrogens is 322 g/mol. The minimum absolute atomic E-state index is 0.0638. The van der Waals surface area contributed by atoms with Crippen molar-refractivity contribution in [3.63, 3.8) is 0 Å². The molecule has 1 aliphatic rings. The number of nitro groups is 1. The summed E-state index contributed by atoms with van der Waals surface area (Å²) in [6.45, 7) is 3.57. The summed E-state index contributed by atoms with van der Waals surface area (Å²) < 4.78 is 1.55. The van der Waals surface area contributed by atoms with Crippen LogP contribution in [0.1, 0.15) is 19.8 Å². The molecule has 8 heteroatoms. The van der Waals surface area contributed by atoms with Gasteiger partial charge in [-0.15, -0.1) is 11.3 Å². The van der Waals surface area contributed by atoms with Crippen LogP contribution in [0.3, 0.4) is 0 Å². The Labute approximate surface area is 135 Å². The van der Waals surface area contributed by atoms with E-state index in [0.29, 0.717) is 0 Å². The Morgan fingerprint density at radius 1 is 1.45 bits per heavy atom. The van der Waals surface area contributed by atoms with Crippen LogP contribution in [0.4, 0.5) is 5.69 Å². The minimum Gasteiger partial charge on any atom is -0.342 e. The Kier molecular flexibility index (Phi) is 4.30. The second kappa shape index (κ2) is 6.21. The van der Waals surface area contributed by atoms with Crippen molar-refractivity contribution in [2.45, 2.75) is 29.4 Å². The van der Waals surface area contributed by atoms with Crippen molar-refractivity contribution < 1.29 is 9.72 Å². The molecule has 1 fully saturated rings. The number of hydrogen-bond acceptors (Lipinski definition) is 6. The Bertz CT molecular complexity index is 725. The molecule has 0 aliphatic carbocycles. The number of aromatic nitrogens is 1. The zero-order chi connectivity index (χ0) is 15.7. The fourth-order valence-electron chi connectivity index (χ4n) is 2.45. The second-order valence-corrected chi connectivity index (χ2v) is 7.80. The number of hydrogen-bond donors (Lipinski definition) is 0. The van der Waals surface area contributed by atoms with Crippen LogP contribution in [0.15, 0.2) is 22.5 Å². The third-order valence-corrected chi connectivity index (χ3v) is 5.81. The first kappa shape index (κ1) is 15.2. The van der Waals surface area contributed by atoms with Gasteiger partial charge in [0.25, 0.3) is 5.69 Å². The number of carbonyl (C=O) groups is 1. The molecule has 0 saturated carbocycles. The number of thiazole rings is 1. The smallest absolute Gasteiger partial charge is 0.270 e. The number of fused-ring (bicyclic) bond motifs is 1. The van der Waals surface area contributed by atoms with Crippen LogP contribution in [0.5, 0.6) is 0 Å². The van der Waals surface area contributed by atoms with E-state index >= 15 is 0 Å². The molecule has 1 saturated heterocycles. The SMILES string of the molecule is C[C@H](Sc1nc2ccc([N+](=O)[O-])cc2s1)C(=O)N1CCCC1. The predicted molar refractivity (Wildman–Crippen MR) is 87.4 cm³/mol. The Balaban J connectivity index is 1.75. The fraction of sp³-hybridized carbons (Fsp3) is 0.429. The van der Waals surface area contributed by atoms with Crippen molar-refractivity contribution >= 4 is 44.9 Å². The minimum atomic E-state index is -0.411. The maximum Gasteiger partial charge on any atom is 0.270 e. The van der Waals surface area contributed by atoms with Crippen molar-refractivity contribution in [1.29, 1.82) is 0 Å². The van der Waals surface area contributed by atoms with Crippen LogP contribution in [0.2, 0.25) is 0 Å². The van der Waals surface area contributed by atoms with E-state index < -0.39 is 4.92 Å². The molecule has 0 unspecified atom stereocenters. The van der Waals surface area contributed by atoms with Crippen molar-refractivity contribution in [2.24, 2.45) is 0 Å². The number of rotatable bonds is 4. The molecule has 1 amide bonds. The number of nitro benzene ring substituents is 1. The molecule has 2 aromatic rings. The molecule has 1 aromatic heterocycles. The van der Waals surface area contributed by atoms with Crippen molar-refractivity contribution in [3.05, 3.63) is 28.3 Å². The van der Waals surface area contributed by atoms with Gasteiger partial charge in [-0.25, -0.2) is 4.98 Å². The van der Waals surface area contributed by atoms with Gasteiger partial charge >= 0.3 is 0 Å². The topological polar surface area (TPSA) is 76.3 Å². The van der Waals surface area contributed by atoms with Crippen LogP contribution >= 0.6 is 23.1 Å². The van der Waals surface area contributed by atoms with E-state index in [9.17, 15) is 14.9 Å². The first-order valence-electron chi connectivity index (χ1n) is 7.05. The van der Waals surface area contributed by atoms with Crippen LogP contribution < -0.4 is 0 Å². The average molecular weight is 337 g/mol. The molecule has 1 aromatic carbocycles. The molecule has 2 heterocycles. The van der Waals surface area contributed by atoms with Gasteiger partial charge in [0.1, 0.15) is 0 Å². The maximum absolute atomic E-state index is 12.3. The van der Waals surface area contributed by atoms with Crippen LogP contribution in [0, 0.1) is 10.1 Å². The molecule has 116 valence electrons. The highest BCUT2D eigenvalue weighted by atomic mass is 32.2. The van der Waals surface area contributed by atoms with Crippen molar-refractivity contribution in [1.82, 2.24) is 9.88 Å². The summed E-state index contributed by atoms with van der Waals surface area (Å²) in [5, 5.41) is 10.6. The predicted octanol–water partition coefficient (Wildman–Crippen LogP) is 3.31. The number of nitrogens with zero attached hydrogens (tertiary/aromatic N) is 3. The van der Waals surface area contributed by atoms with Gasteiger partial charge in [-0.05, 0) is 25.8 Å². The lowest BCUT2D eigenvalue weighted by Gasteiger charge is -2.18. The number of non-ortho nitro benzene ring substituents is 1. The number of benzene rings is 1. The third-order valence-electron chi connectivity index (χ3n) is 3.61. The molecule has 1 aliphatic heterocycles. The van der Waals surface area contributed by atoms with Crippen LogP contribution in [-0.4, -0.2) is 39.1 Å². The van der Waals surface area contributed by atoms with Gasteiger partial charge in [-0.3, -0.25) is 14.9 Å². The molecule has 6 nitrogen and oxygen atoms in total. The summed E-state index contributed by atoms with van der Waals surface area (Å²) in [6.07, 6.45) is 2.15. The highest BCUT2D eigenvalue weighted by molar-refractivity contribution is 8.02. The van der Waals surface area contributed by atoms with Crippen molar-refractivity contribution in [2.75, 3.05) is 13.1 Å². The standard InChI is InChI=1S/C14H15N3O3S2/c1-9(13(18)16-6-2-3-7-16)21-14-15-11-5-4-10(17(19)20)8-12(11)22-14/h4-5,8-9H,2-3,6-7H2,1H3/t9-/m0/s1. The molecular formula is C14H15N3O3S2. The average Bonchev–Trinajstić information content (AvgIpc) is 3.14. The van der Waals surface area contributed by atoms with E-state index in [0.717, 1.165) is 40.5 Å². The molecule has 0 radical (unpaired) electrons. The van der Waals surface area contributed by atoms with E-state index in [2.05, 4.69) is 4.98 Å². The lowest BCUT2D eigenvalue weighted by atomic mass is 10.3. The zero-order valence-corrected chi connectivity index (χ0v) is 13.7. The van der Waals surface area contributed by atoms with Gasteiger partial charge in [0.2, 0.25) is 5.91 Å². The summed E-state index contributed by atoms with van der Waals surface area (Å²) >= 11 is 2.82. The van der Waals surface area contributed by atoms with E-state index in [4.69, 9.17) is 0 Å². The Morgan fingerprint density at radius 2 is 2.18 bits per heavy atom. The summed E-state index contributed by atoms with van der Waals surface area (Å²) in [4.78, 5) is 29.0. The number of carbonyl (C=O) groups excluding carboxylic acids is 1. The summed E-state index contributed by atoms with van der Waals surface area (Å²) in [5.74, 6) is 0.146. The number of thioether (sulfide) groups is 1. The number of amides is 1. The molecule has 3 rings (SSSR count). The van der Waals surface area contributed by atoms with Gasteiger partial charge in [0.15, 0.2) is 4.34 Å². The first-order chi connectivity index (χ1) is 10.5. The lowest BCUT2D eigenvalue weighted by molar-refractivity contribution is -0.384. The highest BCUT2D eigenvalue weighted by Crippen LogP contribution is 2.34. The van der Waals surface area contributed by atoms with E-state index in [1.807, 2.05) is 11.8 Å². The molecule has 1 atom stereocenters. The van der Waals surface area contributed by atoms with Crippen LogP contribution in [0.25, 0.3) is 10.2 Å². The normalized spacial score (nSPS) is 16.1.